The summed E-state index contributed by atoms with van der Waals surface area (Å²) >= 11 is 0. The third kappa shape index (κ3) is 1.78. The van der Waals surface area contributed by atoms with E-state index in [0.29, 0.717) is 35.6 Å². The number of tetrazole rings is 1. The number of benzene rings is 1. The highest BCUT2D eigenvalue weighted by Crippen LogP contribution is 2.11. The smallest absolute Gasteiger partial charge is 0.268 e. The fourth-order valence-electron chi connectivity index (χ4n) is 2.19. The Kier molecular flexibility index (Phi) is 3.02. The maximum absolute atomic E-state index is 12.7. The molecule has 2 heterocycles. The summed E-state index contributed by atoms with van der Waals surface area (Å²) in [7, 11) is 0. The van der Waals surface area contributed by atoms with Crippen LogP contribution in [0.1, 0.15) is 19.7 Å². The molecule has 0 aliphatic carbocycles. The van der Waals surface area contributed by atoms with Crippen LogP contribution in [0.2, 0.25) is 0 Å². The average molecular weight is 270 g/mol. The van der Waals surface area contributed by atoms with Gasteiger partial charge in [0.15, 0.2) is 0 Å². The second-order valence-corrected chi connectivity index (χ2v) is 4.33. The van der Waals surface area contributed by atoms with Gasteiger partial charge in [-0.2, -0.15) is 0 Å². The SMILES string of the molecule is CCc1nc2ccccc2c(=O)n1-c1nnnn1CC. The van der Waals surface area contributed by atoms with Gasteiger partial charge in [-0.05, 0) is 29.5 Å². The van der Waals surface area contributed by atoms with Crippen LogP contribution in [0.3, 0.4) is 0 Å². The number of aromatic nitrogens is 6. The van der Waals surface area contributed by atoms with Crippen molar-refractivity contribution >= 4 is 10.9 Å². The van der Waals surface area contributed by atoms with Crippen LogP contribution >= 0.6 is 0 Å². The van der Waals surface area contributed by atoms with Crippen molar-refractivity contribution in [3.63, 3.8) is 0 Å². The van der Waals surface area contributed by atoms with Gasteiger partial charge >= 0.3 is 0 Å². The van der Waals surface area contributed by atoms with Gasteiger partial charge in [-0.3, -0.25) is 4.79 Å². The molecule has 0 saturated heterocycles. The summed E-state index contributed by atoms with van der Waals surface area (Å²) in [5, 5.41) is 12.0. The summed E-state index contributed by atoms with van der Waals surface area (Å²) in [4.78, 5) is 17.2. The minimum Gasteiger partial charge on any atom is -0.268 e. The molecule has 0 aliphatic heterocycles. The minimum absolute atomic E-state index is 0.142. The first-order valence-corrected chi connectivity index (χ1v) is 6.53. The van der Waals surface area contributed by atoms with Crippen molar-refractivity contribution in [3.8, 4) is 5.95 Å². The van der Waals surface area contributed by atoms with Gasteiger partial charge in [0.1, 0.15) is 5.82 Å². The zero-order valence-electron chi connectivity index (χ0n) is 11.3. The van der Waals surface area contributed by atoms with E-state index in [2.05, 4.69) is 20.5 Å². The molecule has 0 fully saturated rings. The number of para-hydroxylation sites is 1. The van der Waals surface area contributed by atoms with Crippen LogP contribution in [0.4, 0.5) is 0 Å². The Morgan fingerprint density at radius 1 is 1.20 bits per heavy atom. The maximum Gasteiger partial charge on any atom is 0.268 e. The Hall–Kier alpha value is -2.57. The fraction of sp³-hybridized carbons (Fsp3) is 0.308. The van der Waals surface area contributed by atoms with Crippen molar-refractivity contribution < 1.29 is 0 Å². The molecule has 0 amide bonds. The molecule has 1 aromatic carbocycles. The molecular formula is C13H14N6O. The normalized spacial score (nSPS) is 11.1. The number of aryl methyl sites for hydroxylation is 2. The van der Waals surface area contributed by atoms with Gasteiger partial charge in [0, 0.05) is 13.0 Å². The minimum atomic E-state index is -0.142. The molecule has 0 unspecified atom stereocenters. The van der Waals surface area contributed by atoms with Gasteiger partial charge in [-0.15, -0.1) is 0 Å². The van der Waals surface area contributed by atoms with Gasteiger partial charge in [-0.25, -0.2) is 14.2 Å². The monoisotopic (exact) mass is 270 g/mol. The molecule has 0 bridgehead atoms. The Labute approximate surface area is 114 Å². The number of nitrogens with zero attached hydrogens (tertiary/aromatic N) is 6. The van der Waals surface area contributed by atoms with E-state index in [1.54, 1.807) is 10.7 Å². The van der Waals surface area contributed by atoms with E-state index < -0.39 is 0 Å². The fourth-order valence-corrected chi connectivity index (χ4v) is 2.19. The van der Waals surface area contributed by atoms with Crippen molar-refractivity contribution in [1.29, 1.82) is 0 Å². The van der Waals surface area contributed by atoms with Crippen LogP contribution in [0, 0.1) is 0 Å². The summed E-state index contributed by atoms with van der Waals surface area (Å²) in [5.74, 6) is 1.06. The summed E-state index contributed by atoms with van der Waals surface area (Å²) in [5.41, 5.74) is 0.554. The molecule has 0 N–H and O–H groups in total. The highest BCUT2D eigenvalue weighted by Gasteiger charge is 2.16. The largest absolute Gasteiger partial charge is 0.268 e. The maximum atomic E-state index is 12.7. The van der Waals surface area contributed by atoms with Crippen molar-refractivity contribution in [2.45, 2.75) is 26.8 Å². The molecule has 0 atom stereocenters. The first kappa shape index (κ1) is 12.5. The quantitative estimate of drug-likeness (QED) is 0.708. The third-order valence-corrected chi connectivity index (χ3v) is 3.17. The van der Waals surface area contributed by atoms with Gasteiger partial charge in [0.05, 0.1) is 10.9 Å². The molecule has 7 nitrogen and oxygen atoms in total. The Morgan fingerprint density at radius 2 is 2.00 bits per heavy atom. The zero-order valence-corrected chi connectivity index (χ0v) is 11.3. The lowest BCUT2D eigenvalue weighted by Crippen LogP contribution is -2.26. The Balaban J connectivity index is 2.40. The number of rotatable bonds is 3. The summed E-state index contributed by atoms with van der Waals surface area (Å²) in [6.45, 7) is 4.46. The Morgan fingerprint density at radius 3 is 2.75 bits per heavy atom. The second-order valence-electron chi connectivity index (χ2n) is 4.33. The standard InChI is InChI=1S/C13H14N6O/c1-3-11-14-10-8-6-5-7-9(10)12(20)19(11)13-15-16-17-18(13)4-2/h5-8H,3-4H2,1-2H3. The van der Waals surface area contributed by atoms with Crippen molar-refractivity contribution in [2.75, 3.05) is 0 Å². The van der Waals surface area contributed by atoms with Gasteiger partial charge in [0.2, 0.25) is 0 Å². The predicted octanol–water partition coefficient (Wildman–Crippen LogP) is 0.954. The van der Waals surface area contributed by atoms with Crippen molar-refractivity contribution in [2.24, 2.45) is 0 Å². The van der Waals surface area contributed by atoms with E-state index in [-0.39, 0.29) is 5.56 Å². The molecule has 7 heteroatoms. The summed E-state index contributed by atoms with van der Waals surface area (Å²) in [6.07, 6.45) is 0.622. The topological polar surface area (TPSA) is 78.5 Å². The summed E-state index contributed by atoms with van der Waals surface area (Å²) in [6, 6.07) is 7.29. The molecule has 0 aliphatic rings. The van der Waals surface area contributed by atoms with Crippen LogP contribution in [0.15, 0.2) is 29.1 Å². The third-order valence-electron chi connectivity index (χ3n) is 3.17. The van der Waals surface area contributed by atoms with Crippen LogP contribution in [0.5, 0.6) is 0 Å². The van der Waals surface area contributed by atoms with E-state index >= 15 is 0 Å². The van der Waals surface area contributed by atoms with Crippen LogP contribution in [0.25, 0.3) is 16.9 Å². The molecule has 0 saturated carbocycles. The van der Waals surface area contributed by atoms with Gasteiger partial charge < -0.3 is 0 Å². The molecule has 3 rings (SSSR count). The van der Waals surface area contributed by atoms with E-state index in [4.69, 9.17) is 0 Å². The molecule has 0 spiro atoms. The number of hydrogen-bond acceptors (Lipinski definition) is 5. The lowest BCUT2D eigenvalue weighted by molar-refractivity contribution is 0.601. The van der Waals surface area contributed by atoms with Crippen LogP contribution < -0.4 is 5.56 Å². The second kappa shape index (κ2) is 4.84. The van der Waals surface area contributed by atoms with Gasteiger partial charge in [0.25, 0.3) is 11.5 Å². The Bertz CT molecular complexity index is 819. The average Bonchev–Trinajstić information content (AvgIpc) is 2.95. The van der Waals surface area contributed by atoms with Crippen molar-refractivity contribution in [3.05, 3.63) is 40.4 Å². The summed E-state index contributed by atoms with van der Waals surface area (Å²) < 4.78 is 3.07. The number of fused-ring (bicyclic) bond motifs is 1. The molecule has 0 radical (unpaired) electrons. The first-order valence-electron chi connectivity index (χ1n) is 6.53. The molecule has 3 aromatic rings. The van der Waals surface area contributed by atoms with Crippen molar-refractivity contribution in [1.82, 2.24) is 29.8 Å². The number of hydrogen-bond donors (Lipinski definition) is 0. The van der Waals surface area contributed by atoms with E-state index in [9.17, 15) is 4.79 Å². The highest BCUT2D eigenvalue weighted by molar-refractivity contribution is 5.77. The molecular weight excluding hydrogens is 256 g/mol. The van der Waals surface area contributed by atoms with Gasteiger partial charge in [-0.1, -0.05) is 24.2 Å². The van der Waals surface area contributed by atoms with E-state index in [0.717, 1.165) is 0 Å². The predicted molar refractivity (Wildman–Crippen MR) is 73.8 cm³/mol. The zero-order chi connectivity index (χ0) is 14.1. The lowest BCUT2D eigenvalue weighted by atomic mass is 10.2. The lowest BCUT2D eigenvalue weighted by Gasteiger charge is -2.10. The van der Waals surface area contributed by atoms with Crippen LogP contribution in [-0.4, -0.2) is 29.8 Å². The van der Waals surface area contributed by atoms with E-state index in [1.165, 1.54) is 4.57 Å². The first-order chi connectivity index (χ1) is 9.76. The highest BCUT2D eigenvalue weighted by atomic mass is 16.1. The van der Waals surface area contributed by atoms with Crippen LogP contribution in [-0.2, 0) is 13.0 Å². The molecule has 2 aromatic heterocycles. The molecule has 102 valence electrons. The van der Waals surface area contributed by atoms with E-state index in [1.807, 2.05) is 32.0 Å². The molecule has 20 heavy (non-hydrogen) atoms.